The topological polar surface area (TPSA) is 41.5 Å². The summed E-state index contributed by atoms with van der Waals surface area (Å²) in [5, 5.41) is 15.4. The van der Waals surface area contributed by atoms with Gasteiger partial charge in [-0.25, -0.2) is 0 Å². The molecule has 0 bridgehead atoms. The zero-order valence-electron chi connectivity index (χ0n) is 11.3. The standard InChI is InChI=1S/C15H19NO2S/c1-3-11-6-7-19-15(11)10-16-9-12-4-5-13(18-2)8-14(12)17/h4-8,16-17H,3,9-10H2,1-2H3. The van der Waals surface area contributed by atoms with Gasteiger partial charge in [0.25, 0.3) is 0 Å². The molecule has 1 heterocycles. The Morgan fingerprint density at radius 1 is 1.21 bits per heavy atom. The first kappa shape index (κ1) is 13.9. The Hall–Kier alpha value is -1.52. The van der Waals surface area contributed by atoms with E-state index in [2.05, 4.69) is 23.7 Å². The summed E-state index contributed by atoms with van der Waals surface area (Å²) in [6, 6.07) is 7.56. The van der Waals surface area contributed by atoms with Gasteiger partial charge in [0.15, 0.2) is 0 Å². The van der Waals surface area contributed by atoms with Gasteiger partial charge in [-0.15, -0.1) is 11.3 Å². The minimum Gasteiger partial charge on any atom is -0.507 e. The number of aryl methyl sites for hydroxylation is 1. The van der Waals surface area contributed by atoms with Crippen LogP contribution >= 0.6 is 11.3 Å². The molecule has 102 valence electrons. The van der Waals surface area contributed by atoms with Gasteiger partial charge < -0.3 is 15.2 Å². The third kappa shape index (κ3) is 3.49. The van der Waals surface area contributed by atoms with Crippen LogP contribution < -0.4 is 10.1 Å². The molecule has 0 spiro atoms. The number of thiophene rings is 1. The zero-order valence-corrected chi connectivity index (χ0v) is 12.1. The lowest BCUT2D eigenvalue weighted by Gasteiger charge is -2.08. The maximum Gasteiger partial charge on any atom is 0.123 e. The number of phenols is 1. The summed E-state index contributed by atoms with van der Waals surface area (Å²) in [6.45, 7) is 3.66. The molecule has 0 fully saturated rings. The number of nitrogens with one attached hydrogen (secondary N) is 1. The minimum atomic E-state index is 0.272. The second-order valence-electron chi connectivity index (χ2n) is 4.32. The number of phenolic OH excluding ortho intramolecular Hbond substituents is 1. The first-order valence-electron chi connectivity index (χ1n) is 6.36. The smallest absolute Gasteiger partial charge is 0.123 e. The number of hydrogen-bond donors (Lipinski definition) is 2. The SMILES string of the molecule is CCc1ccsc1CNCc1ccc(OC)cc1O. The summed E-state index contributed by atoms with van der Waals surface area (Å²) in [5.74, 6) is 0.946. The lowest BCUT2D eigenvalue weighted by molar-refractivity contribution is 0.406. The largest absolute Gasteiger partial charge is 0.507 e. The van der Waals surface area contributed by atoms with E-state index >= 15 is 0 Å². The van der Waals surface area contributed by atoms with Crippen molar-refractivity contribution in [1.29, 1.82) is 0 Å². The number of hydrogen-bond acceptors (Lipinski definition) is 4. The van der Waals surface area contributed by atoms with Gasteiger partial charge >= 0.3 is 0 Å². The fraction of sp³-hybridized carbons (Fsp3) is 0.333. The molecule has 0 atom stereocenters. The molecule has 0 aliphatic rings. The molecule has 0 unspecified atom stereocenters. The highest BCUT2D eigenvalue weighted by atomic mass is 32.1. The normalized spacial score (nSPS) is 10.6. The zero-order chi connectivity index (χ0) is 13.7. The molecule has 2 rings (SSSR count). The van der Waals surface area contributed by atoms with Gasteiger partial charge in [-0.2, -0.15) is 0 Å². The van der Waals surface area contributed by atoms with Gasteiger partial charge in [0.1, 0.15) is 11.5 Å². The van der Waals surface area contributed by atoms with Crippen LogP contribution in [0, 0.1) is 0 Å². The number of benzene rings is 1. The molecule has 1 aromatic heterocycles. The summed E-state index contributed by atoms with van der Waals surface area (Å²) in [5.41, 5.74) is 2.28. The average molecular weight is 277 g/mol. The van der Waals surface area contributed by atoms with E-state index in [4.69, 9.17) is 4.74 Å². The van der Waals surface area contributed by atoms with Crippen molar-refractivity contribution in [2.24, 2.45) is 0 Å². The van der Waals surface area contributed by atoms with Gasteiger partial charge in [-0.3, -0.25) is 0 Å². The van der Waals surface area contributed by atoms with Crippen molar-refractivity contribution < 1.29 is 9.84 Å². The highest BCUT2D eigenvalue weighted by Gasteiger charge is 2.05. The van der Waals surface area contributed by atoms with Gasteiger partial charge in [-0.1, -0.05) is 13.0 Å². The molecular weight excluding hydrogens is 258 g/mol. The number of ether oxygens (including phenoxy) is 1. The van der Waals surface area contributed by atoms with E-state index in [0.29, 0.717) is 12.3 Å². The van der Waals surface area contributed by atoms with Crippen LogP contribution in [0.1, 0.15) is 22.9 Å². The summed E-state index contributed by atoms with van der Waals surface area (Å²) < 4.78 is 5.06. The molecule has 0 saturated heterocycles. The lowest BCUT2D eigenvalue weighted by Crippen LogP contribution is -2.12. The Morgan fingerprint density at radius 3 is 2.74 bits per heavy atom. The van der Waals surface area contributed by atoms with Crippen LogP contribution in [0.3, 0.4) is 0 Å². The molecule has 2 aromatic rings. The Balaban J connectivity index is 1.92. The highest BCUT2D eigenvalue weighted by Crippen LogP contribution is 2.23. The molecule has 0 radical (unpaired) electrons. The Bertz CT molecular complexity index is 537. The van der Waals surface area contributed by atoms with E-state index in [0.717, 1.165) is 18.5 Å². The molecule has 2 N–H and O–H groups in total. The Kier molecular flexibility index (Phi) is 4.82. The molecule has 0 saturated carbocycles. The first-order chi connectivity index (χ1) is 9.24. The van der Waals surface area contributed by atoms with Crippen LogP contribution in [0.2, 0.25) is 0 Å². The van der Waals surface area contributed by atoms with Crippen molar-refractivity contribution in [3.05, 3.63) is 45.6 Å². The van der Waals surface area contributed by atoms with Crippen LogP contribution in [0.4, 0.5) is 0 Å². The van der Waals surface area contributed by atoms with Crippen LogP contribution in [-0.2, 0) is 19.5 Å². The predicted molar refractivity (Wildman–Crippen MR) is 78.9 cm³/mol. The van der Waals surface area contributed by atoms with E-state index in [9.17, 15) is 5.11 Å². The van der Waals surface area contributed by atoms with E-state index in [1.165, 1.54) is 10.4 Å². The summed E-state index contributed by atoms with van der Waals surface area (Å²) in [6.07, 6.45) is 1.06. The van der Waals surface area contributed by atoms with E-state index in [-0.39, 0.29) is 5.75 Å². The predicted octanol–water partition coefficient (Wildman–Crippen LogP) is 3.31. The Labute approximate surface area is 117 Å². The molecular formula is C15H19NO2S. The van der Waals surface area contributed by atoms with E-state index in [1.54, 1.807) is 24.5 Å². The van der Waals surface area contributed by atoms with Gasteiger partial charge in [0.2, 0.25) is 0 Å². The molecule has 0 aliphatic carbocycles. The highest BCUT2D eigenvalue weighted by molar-refractivity contribution is 7.10. The lowest BCUT2D eigenvalue weighted by atomic mass is 10.2. The third-order valence-corrected chi connectivity index (χ3v) is 4.08. The molecule has 1 aromatic carbocycles. The number of methoxy groups -OCH3 is 1. The first-order valence-corrected chi connectivity index (χ1v) is 7.24. The average Bonchev–Trinajstić information content (AvgIpc) is 2.88. The monoisotopic (exact) mass is 277 g/mol. The fourth-order valence-electron chi connectivity index (χ4n) is 1.97. The van der Waals surface area contributed by atoms with E-state index in [1.807, 2.05) is 12.1 Å². The molecule has 0 amide bonds. The van der Waals surface area contributed by atoms with Crippen LogP contribution in [0.15, 0.2) is 29.6 Å². The second-order valence-corrected chi connectivity index (χ2v) is 5.32. The van der Waals surface area contributed by atoms with Crippen molar-refractivity contribution in [1.82, 2.24) is 5.32 Å². The van der Waals surface area contributed by atoms with Crippen molar-refractivity contribution in [3.63, 3.8) is 0 Å². The van der Waals surface area contributed by atoms with E-state index < -0.39 is 0 Å². The van der Waals surface area contributed by atoms with Gasteiger partial charge in [0.05, 0.1) is 7.11 Å². The second kappa shape index (κ2) is 6.59. The van der Waals surface area contributed by atoms with Crippen molar-refractivity contribution in [2.75, 3.05) is 7.11 Å². The van der Waals surface area contributed by atoms with Crippen LogP contribution in [0.25, 0.3) is 0 Å². The van der Waals surface area contributed by atoms with Crippen LogP contribution in [-0.4, -0.2) is 12.2 Å². The third-order valence-electron chi connectivity index (χ3n) is 3.11. The summed E-state index contributed by atoms with van der Waals surface area (Å²) in [4.78, 5) is 1.37. The van der Waals surface area contributed by atoms with Crippen molar-refractivity contribution in [2.45, 2.75) is 26.4 Å². The quantitative estimate of drug-likeness (QED) is 0.851. The van der Waals surface area contributed by atoms with Gasteiger partial charge in [0, 0.05) is 29.6 Å². The van der Waals surface area contributed by atoms with Gasteiger partial charge in [-0.05, 0) is 29.5 Å². The molecule has 0 aliphatic heterocycles. The maximum atomic E-state index is 9.86. The van der Waals surface area contributed by atoms with Crippen molar-refractivity contribution >= 4 is 11.3 Å². The fourth-order valence-corrected chi connectivity index (χ4v) is 2.91. The molecule has 19 heavy (non-hydrogen) atoms. The molecule has 4 heteroatoms. The van der Waals surface area contributed by atoms with Crippen LogP contribution in [0.5, 0.6) is 11.5 Å². The number of aromatic hydroxyl groups is 1. The Morgan fingerprint density at radius 2 is 2.05 bits per heavy atom. The molecule has 3 nitrogen and oxygen atoms in total. The number of rotatable bonds is 6. The summed E-state index contributed by atoms with van der Waals surface area (Å²) >= 11 is 1.77. The van der Waals surface area contributed by atoms with Crippen molar-refractivity contribution in [3.8, 4) is 11.5 Å². The maximum absolute atomic E-state index is 9.86. The minimum absolute atomic E-state index is 0.272. The summed E-state index contributed by atoms with van der Waals surface area (Å²) in [7, 11) is 1.59.